The first-order chi connectivity index (χ1) is 9.81. The molecule has 0 aromatic heterocycles. The Labute approximate surface area is 128 Å². The summed E-state index contributed by atoms with van der Waals surface area (Å²) >= 11 is 0.939. The van der Waals surface area contributed by atoms with Crippen LogP contribution in [0.4, 0.5) is 0 Å². The lowest BCUT2D eigenvalue weighted by molar-refractivity contribution is -0.140. The Hall–Kier alpha value is -1.62. The molecular weight excluding hydrogens is 288 g/mol. The third-order valence-electron chi connectivity index (χ3n) is 3.17. The van der Waals surface area contributed by atoms with Gasteiger partial charge in [-0.1, -0.05) is 49.9 Å². The van der Waals surface area contributed by atoms with Crippen molar-refractivity contribution in [1.82, 2.24) is 0 Å². The predicted octanol–water partition coefficient (Wildman–Crippen LogP) is 3.36. The van der Waals surface area contributed by atoms with E-state index in [2.05, 4.69) is 13.8 Å². The van der Waals surface area contributed by atoms with Gasteiger partial charge in [0.25, 0.3) is 0 Å². The van der Waals surface area contributed by atoms with E-state index >= 15 is 0 Å². The Bertz CT molecular complexity index is 520. The van der Waals surface area contributed by atoms with Crippen LogP contribution in [0.5, 0.6) is 0 Å². The minimum Gasteiger partial charge on any atom is -0.481 e. The standard InChI is InChI=1S/C16H20O4S/c1-10(2)12-4-6-13(7-5-12)15(18)8-14(16(19)20)9-21-11(3)17/h4-7,10,14H,8-9H2,1-3H3,(H,19,20). The van der Waals surface area contributed by atoms with Crippen molar-refractivity contribution in [3.63, 3.8) is 0 Å². The first kappa shape index (κ1) is 17.4. The highest BCUT2D eigenvalue weighted by atomic mass is 32.2. The van der Waals surface area contributed by atoms with Gasteiger partial charge in [-0.25, -0.2) is 0 Å². The van der Waals surface area contributed by atoms with Gasteiger partial charge in [-0.15, -0.1) is 0 Å². The first-order valence-electron chi connectivity index (χ1n) is 6.80. The molecule has 0 heterocycles. The molecule has 0 bridgehead atoms. The van der Waals surface area contributed by atoms with E-state index in [1.165, 1.54) is 6.92 Å². The molecule has 1 aromatic rings. The largest absolute Gasteiger partial charge is 0.481 e. The lowest BCUT2D eigenvalue weighted by atomic mass is 9.96. The van der Waals surface area contributed by atoms with Crippen molar-refractivity contribution in [2.75, 3.05) is 5.75 Å². The number of hydrogen-bond acceptors (Lipinski definition) is 4. The summed E-state index contributed by atoms with van der Waals surface area (Å²) in [6, 6.07) is 7.24. The number of carboxylic acids is 1. The molecule has 0 aliphatic heterocycles. The lowest BCUT2D eigenvalue weighted by Crippen LogP contribution is -2.21. The van der Waals surface area contributed by atoms with E-state index < -0.39 is 11.9 Å². The van der Waals surface area contributed by atoms with Gasteiger partial charge in [-0.05, 0) is 11.5 Å². The van der Waals surface area contributed by atoms with Crippen LogP contribution in [0.15, 0.2) is 24.3 Å². The number of rotatable bonds is 7. The third-order valence-corrected chi connectivity index (χ3v) is 4.14. The van der Waals surface area contributed by atoms with Gasteiger partial charge in [0.05, 0.1) is 5.92 Å². The maximum Gasteiger partial charge on any atom is 0.307 e. The van der Waals surface area contributed by atoms with Gasteiger partial charge >= 0.3 is 5.97 Å². The highest BCUT2D eigenvalue weighted by Crippen LogP contribution is 2.19. The number of ketones is 1. The molecule has 0 fully saturated rings. The van der Waals surface area contributed by atoms with Crippen LogP contribution in [0.25, 0.3) is 0 Å². The summed E-state index contributed by atoms with van der Waals surface area (Å²) in [5.74, 6) is -1.58. The molecule has 0 spiro atoms. The van der Waals surface area contributed by atoms with Gasteiger partial charge in [0.2, 0.25) is 0 Å². The van der Waals surface area contributed by atoms with E-state index in [-0.39, 0.29) is 23.1 Å². The minimum absolute atomic E-state index is 0.0867. The molecule has 4 nitrogen and oxygen atoms in total. The van der Waals surface area contributed by atoms with Crippen molar-refractivity contribution in [2.45, 2.75) is 33.1 Å². The highest BCUT2D eigenvalue weighted by Gasteiger charge is 2.22. The summed E-state index contributed by atoms with van der Waals surface area (Å²) in [4.78, 5) is 34.2. The highest BCUT2D eigenvalue weighted by molar-refractivity contribution is 8.13. The van der Waals surface area contributed by atoms with Crippen molar-refractivity contribution >= 4 is 28.6 Å². The van der Waals surface area contributed by atoms with Crippen molar-refractivity contribution in [3.05, 3.63) is 35.4 Å². The number of thioether (sulfide) groups is 1. The number of carbonyl (C=O) groups excluding carboxylic acids is 2. The van der Waals surface area contributed by atoms with E-state index in [0.29, 0.717) is 11.5 Å². The van der Waals surface area contributed by atoms with E-state index in [4.69, 9.17) is 5.11 Å². The average molecular weight is 308 g/mol. The molecule has 5 heteroatoms. The first-order valence-corrected chi connectivity index (χ1v) is 7.79. The number of aliphatic carboxylic acids is 1. The number of Topliss-reactive ketones (excluding diaryl/α,β-unsaturated/α-hetero) is 1. The zero-order chi connectivity index (χ0) is 16.0. The second-order valence-electron chi connectivity index (χ2n) is 5.24. The fourth-order valence-corrected chi connectivity index (χ4v) is 2.53. The van der Waals surface area contributed by atoms with Gasteiger partial charge in [-0.2, -0.15) is 0 Å². The van der Waals surface area contributed by atoms with Crippen LogP contribution in [0.1, 0.15) is 49.0 Å². The number of carbonyl (C=O) groups is 3. The summed E-state index contributed by atoms with van der Waals surface area (Å²) in [6.07, 6.45) is -0.0867. The summed E-state index contributed by atoms with van der Waals surface area (Å²) in [6.45, 7) is 5.52. The zero-order valence-corrected chi connectivity index (χ0v) is 13.3. The third kappa shape index (κ3) is 5.71. The van der Waals surface area contributed by atoms with E-state index in [1.54, 1.807) is 12.1 Å². The second kappa shape index (κ2) is 7.98. The fourth-order valence-electron chi connectivity index (χ4n) is 1.83. The van der Waals surface area contributed by atoms with Crippen LogP contribution in [0.2, 0.25) is 0 Å². The number of hydrogen-bond donors (Lipinski definition) is 1. The van der Waals surface area contributed by atoms with Crippen LogP contribution < -0.4 is 0 Å². The van der Waals surface area contributed by atoms with E-state index in [0.717, 1.165) is 17.3 Å². The molecule has 0 saturated heterocycles. The molecule has 1 unspecified atom stereocenters. The lowest BCUT2D eigenvalue weighted by Gasteiger charge is -2.11. The van der Waals surface area contributed by atoms with Crippen molar-refractivity contribution in [3.8, 4) is 0 Å². The summed E-state index contributed by atoms with van der Waals surface area (Å²) < 4.78 is 0. The molecule has 0 amide bonds. The second-order valence-corrected chi connectivity index (χ2v) is 6.44. The van der Waals surface area contributed by atoms with Gasteiger partial charge in [0, 0.05) is 24.7 Å². The molecule has 0 radical (unpaired) electrons. The van der Waals surface area contributed by atoms with Crippen LogP contribution in [0.3, 0.4) is 0 Å². The SMILES string of the molecule is CC(=O)SCC(CC(=O)c1ccc(C(C)C)cc1)C(=O)O. The number of benzene rings is 1. The molecule has 1 N–H and O–H groups in total. The van der Waals surface area contributed by atoms with Gasteiger partial charge in [-0.3, -0.25) is 14.4 Å². The average Bonchev–Trinajstić information content (AvgIpc) is 2.42. The molecule has 0 aliphatic rings. The summed E-state index contributed by atoms with van der Waals surface area (Å²) in [5, 5.41) is 8.98. The van der Waals surface area contributed by atoms with E-state index in [9.17, 15) is 14.4 Å². The Morgan fingerprint density at radius 3 is 2.14 bits per heavy atom. The minimum atomic E-state index is -1.05. The molecule has 114 valence electrons. The maximum atomic E-state index is 12.1. The number of carboxylic acid groups (broad SMARTS) is 1. The maximum absolute atomic E-state index is 12.1. The Morgan fingerprint density at radius 1 is 1.14 bits per heavy atom. The topological polar surface area (TPSA) is 71.4 Å². The predicted molar refractivity (Wildman–Crippen MR) is 83.7 cm³/mol. The molecule has 1 aromatic carbocycles. The molecule has 1 rings (SSSR count). The van der Waals surface area contributed by atoms with Crippen LogP contribution in [-0.2, 0) is 9.59 Å². The van der Waals surface area contributed by atoms with Crippen LogP contribution >= 0.6 is 11.8 Å². The Balaban J connectivity index is 2.72. The molecular formula is C16H20O4S. The van der Waals surface area contributed by atoms with Crippen LogP contribution in [-0.4, -0.2) is 27.7 Å². The van der Waals surface area contributed by atoms with Gasteiger partial charge in [0.15, 0.2) is 10.9 Å². The molecule has 1 atom stereocenters. The Kier molecular flexibility index (Phi) is 6.62. The monoisotopic (exact) mass is 308 g/mol. The van der Waals surface area contributed by atoms with Crippen LogP contribution in [0, 0.1) is 5.92 Å². The van der Waals surface area contributed by atoms with Gasteiger partial charge < -0.3 is 5.11 Å². The van der Waals surface area contributed by atoms with Gasteiger partial charge in [0.1, 0.15) is 0 Å². The normalized spacial score (nSPS) is 12.2. The molecule has 21 heavy (non-hydrogen) atoms. The summed E-state index contributed by atoms with van der Waals surface area (Å²) in [7, 11) is 0. The molecule has 0 aliphatic carbocycles. The molecule has 0 saturated carbocycles. The van der Waals surface area contributed by atoms with Crippen molar-refractivity contribution in [2.24, 2.45) is 5.92 Å². The quantitative estimate of drug-likeness (QED) is 0.782. The van der Waals surface area contributed by atoms with E-state index in [1.807, 2.05) is 12.1 Å². The smallest absolute Gasteiger partial charge is 0.307 e. The Morgan fingerprint density at radius 2 is 1.71 bits per heavy atom. The zero-order valence-electron chi connectivity index (χ0n) is 12.5. The van der Waals surface area contributed by atoms with Crippen molar-refractivity contribution in [1.29, 1.82) is 0 Å². The fraction of sp³-hybridized carbons (Fsp3) is 0.438. The van der Waals surface area contributed by atoms with Crippen molar-refractivity contribution < 1.29 is 19.5 Å². The summed E-state index contributed by atoms with van der Waals surface area (Å²) in [5.41, 5.74) is 1.65.